The SMILES string of the molecule is CCN(CC)CC.Nc1ncnc2c1ncn2[C@@H]1O[C@H](COS(=O)(=O)NC(=O)c2ccc[nH]c2=O)[C@@H](O)[C@H]1O. The van der Waals surface area contributed by atoms with Gasteiger partial charge < -0.3 is 30.6 Å². The Labute approximate surface area is 224 Å². The Morgan fingerprint density at radius 2 is 1.90 bits per heavy atom. The van der Waals surface area contributed by atoms with E-state index in [0.717, 1.165) is 6.07 Å². The maximum absolute atomic E-state index is 12.1. The zero-order chi connectivity index (χ0) is 28.7. The zero-order valence-electron chi connectivity index (χ0n) is 21.6. The number of aliphatic hydroxyl groups excluding tert-OH is 2. The number of nitrogens with zero attached hydrogens (tertiary/aromatic N) is 5. The van der Waals surface area contributed by atoms with E-state index in [1.54, 1.807) is 4.72 Å². The molecule has 1 aliphatic rings. The van der Waals surface area contributed by atoms with Gasteiger partial charge in [0.05, 0.1) is 12.9 Å². The van der Waals surface area contributed by atoms with Crippen molar-refractivity contribution in [2.75, 3.05) is 32.0 Å². The molecule has 3 aromatic heterocycles. The van der Waals surface area contributed by atoms with Crippen LogP contribution >= 0.6 is 0 Å². The lowest BCUT2D eigenvalue weighted by molar-refractivity contribution is -0.0468. The molecule has 4 rings (SSSR count). The summed E-state index contributed by atoms with van der Waals surface area (Å²) in [6, 6.07) is 2.46. The second-order valence-corrected chi connectivity index (χ2v) is 9.68. The third kappa shape index (κ3) is 7.14. The number of H-pyrrole nitrogens is 1. The third-order valence-corrected chi connectivity index (χ3v) is 6.89. The van der Waals surface area contributed by atoms with E-state index in [1.165, 1.54) is 49.1 Å². The molecule has 1 aliphatic heterocycles. The van der Waals surface area contributed by atoms with Crippen LogP contribution in [0.5, 0.6) is 0 Å². The second kappa shape index (κ2) is 13.0. The number of hydrogen-bond donors (Lipinski definition) is 5. The number of fused-ring (bicyclic) bond motifs is 1. The van der Waals surface area contributed by atoms with Gasteiger partial charge in [-0.25, -0.2) is 19.7 Å². The van der Waals surface area contributed by atoms with E-state index in [4.69, 9.17) is 14.7 Å². The smallest absolute Gasteiger partial charge is 0.362 e. The molecule has 4 heterocycles. The van der Waals surface area contributed by atoms with Gasteiger partial charge in [0.2, 0.25) is 0 Å². The zero-order valence-corrected chi connectivity index (χ0v) is 22.4. The summed E-state index contributed by atoms with van der Waals surface area (Å²) < 4.78 is 37.3. The fraction of sp³-hybridized carbons (Fsp3) is 0.500. The van der Waals surface area contributed by atoms with E-state index in [2.05, 4.69) is 45.6 Å². The lowest BCUT2D eigenvalue weighted by Crippen LogP contribution is -2.39. The lowest BCUT2D eigenvalue weighted by Gasteiger charge is -2.16. The summed E-state index contributed by atoms with van der Waals surface area (Å²) in [6.07, 6.45) is -1.78. The van der Waals surface area contributed by atoms with E-state index >= 15 is 0 Å². The summed E-state index contributed by atoms with van der Waals surface area (Å²) in [5.41, 5.74) is 4.96. The summed E-state index contributed by atoms with van der Waals surface area (Å²) in [5.74, 6) is -1.11. The molecule has 0 aromatic carbocycles. The maximum Gasteiger partial charge on any atom is 0.362 e. The minimum absolute atomic E-state index is 0.0979. The molecule has 1 saturated heterocycles. The quantitative estimate of drug-likeness (QED) is 0.204. The van der Waals surface area contributed by atoms with Crippen LogP contribution in [0.25, 0.3) is 11.2 Å². The summed E-state index contributed by atoms with van der Waals surface area (Å²) in [5, 5.41) is 20.6. The standard InChI is InChI=1S/C16H17N7O8S.C6H15N/c17-12-9-13(20-5-19-12)23(6-21-9)16-11(25)10(24)8(31-16)4-30-32(28,29)22-15(27)7-2-1-3-18-14(7)26;1-4-7(5-2)6-3/h1-3,5-6,8,10-11,16,24-25H,4H2,(H,18,26)(H,22,27)(H2,17,19,20);4-6H2,1-3H3/t8-,10-,11-,16-;/m1./s1. The number of aromatic amines is 1. The number of aliphatic hydroxyl groups is 2. The maximum atomic E-state index is 12.1. The van der Waals surface area contributed by atoms with Gasteiger partial charge in [0, 0.05) is 6.20 Å². The first-order valence-corrected chi connectivity index (χ1v) is 13.5. The number of ether oxygens (including phenoxy) is 1. The number of pyridine rings is 1. The van der Waals surface area contributed by atoms with Crippen molar-refractivity contribution in [1.29, 1.82) is 0 Å². The number of nitrogens with two attached hydrogens (primary N) is 1. The molecule has 1 fully saturated rings. The Morgan fingerprint density at radius 1 is 1.21 bits per heavy atom. The molecule has 0 bridgehead atoms. The Balaban J connectivity index is 0.000000532. The molecule has 3 aromatic rings. The van der Waals surface area contributed by atoms with E-state index in [1.807, 2.05) is 0 Å². The Bertz CT molecular complexity index is 1420. The molecular weight excluding hydrogens is 536 g/mol. The normalized spacial score (nSPS) is 21.1. The van der Waals surface area contributed by atoms with Crippen LogP contribution in [0.15, 0.2) is 35.8 Å². The number of carbonyl (C=O) groups is 1. The summed E-state index contributed by atoms with van der Waals surface area (Å²) in [7, 11) is -4.67. The molecule has 6 N–H and O–H groups in total. The fourth-order valence-corrected chi connectivity index (χ4v) is 4.49. The van der Waals surface area contributed by atoms with Crippen molar-refractivity contribution in [3.8, 4) is 0 Å². The van der Waals surface area contributed by atoms with Gasteiger partial charge in [-0.15, -0.1) is 0 Å². The summed E-state index contributed by atoms with van der Waals surface area (Å²) in [6.45, 7) is 9.38. The molecule has 214 valence electrons. The third-order valence-electron chi connectivity index (χ3n) is 6.01. The molecule has 0 saturated carbocycles. The van der Waals surface area contributed by atoms with Gasteiger partial charge in [-0.3, -0.25) is 18.3 Å². The molecule has 0 radical (unpaired) electrons. The van der Waals surface area contributed by atoms with Crippen LogP contribution < -0.4 is 16.0 Å². The highest BCUT2D eigenvalue weighted by Crippen LogP contribution is 2.32. The van der Waals surface area contributed by atoms with Crippen molar-refractivity contribution in [3.63, 3.8) is 0 Å². The largest absolute Gasteiger partial charge is 0.387 e. The number of hydrogen-bond acceptors (Lipinski definition) is 13. The van der Waals surface area contributed by atoms with Crippen LogP contribution in [0, 0.1) is 0 Å². The number of imidazole rings is 1. The highest BCUT2D eigenvalue weighted by Gasteiger charge is 2.45. The van der Waals surface area contributed by atoms with Gasteiger partial charge in [0.15, 0.2) is 17.7 Å². The van der Waals surface area contributed by atoms with Crippen LogP contribution in [-0.2, 0) is 19.2 Å². The van der Waals surface area contributed by atoms with E-state index in [9.17, 15) is 28.2 Å². The first kappa shape index (κ1) is 30.1. The predicted molar refractivity (Wildman–Crippen MR) is 139 cm³/mol. The Kier molecular flexibility index (Phi) is 10.1. The van der Waals surface area contributed by atoms with E-state index in [-0.39, 0.29) is 17.0 Å². The van der Waals surface area contributed by atoms with E-state index < -0.39 is 58.5 Å². The second-order valence-electron chi connectivity index (χ2n) is 8.33. The molecule has 39 heavy (non-hydrogen) atoms. The van der Waals surface area contributed by atoms with Crippen LogP contribution in [0.4, 0.5) is 5.82 Å². The molecule has 0 spiro atoms. The van der Waals surface area contributed by atoms with Gasteiger partial charge in [-0.05, 0) is 31.8 Å². The van der Waals surface area contributed by atoms with E-state index in [0.29, 0.717) is 0 Å². The highest BCUT2D eigenvalue weighted by molar-refractivity contribution is 7.85. The minimum Gasteiger partial charge on any atom is -0.387 e. The Morgan fingerprint density at radius 3 is 2.51 bits per heavy atom. The van der Waals surface area contributed by atoms with Crippen molar-refractivity contribution in [2.45, 2.75) is 45.3 Å². The lowest BCUT2D eigenvalue weighted by atomic mass is 10.1. The molecule has 0 unspecified atom stereocenters. The molecular formula is C22H32N8O8S. The number of aromatic nitrogens is 5. The van der Waals surface area contributed by atoms with Crippen LogP contribution in [0.3, 0.4) is 0 Å². The van der Waals surface area contributed by atoms with Gasteiger partial charge in [0.25, 0.3) is 11.5 Å². The first-order valence-electron chi connectivity index (χ1n) is 12.1. The predicted octanol–water partition coefficient (Wildman–Crippen LogP) is -1.24. The van der Waals surface area contributed by atoms with Crippen LogP contribution in [-0.4, -0.2) is 98.5 Å². The molecule has 17 heteroatoms. The monoisotopic (exact) mass is 568 g/mol. The van der Waals surface area contributed by atoms with Gasteiger partial charge in [-0.2, -0.15) is 8.42 Å². The van der Waals surface area contributed by atoms with Gasteiger partial charge in [-0.1, -0.05) is 20.8 Å². The van der Waals surface area contributed by atoms with Crippen LogP contribution in [0.1, 0.15) is 37.4 Å². The number of rotatable bonds is 9. The number of nitrogen functional groups attached to an aromatic ring is 1. The fourth-order valence-electron chi connectivity index (χ4n) is 3.78. The average molecular weight is 569 g/mol. The van der Waals surface area contributed by atoms with Crippen molar-refractivity contribution in [3.05, 3.63) is 46.9 Å². The average Bonchev–Trinajstić information content (AvgIpc) is 3.46. The molecule has 4 atom stereocenters. The summed E-state index contributed by atoms with van der Waals surface area (Å²) in [4.78, 5) is 40.1. The Hall–Kier alpha value is -3.48. The molecule has 16 nitrogen and oxygen atoms in total. The topological polar surface area (TPSA) is 228 Å². The van der Waals surface area contributed by atoms with Crippen molar-refractivity contribution in [2.24, 2.45) is 0 Å². The van der Waals surface area contributed by atoms with Crippen molar-refractivity contribution >= 4 is 33.2 Å². The number of nitrogens with one attached hydrogen (secondary N) is 2. The van der Waals surface area contributed by atoms with Gasteiger partial charge in [0.1, 0.15) is 35.7 Å². The number of carbonyl (C=O) groups excluding carboxylic acids is 1. The number of amides is 1. The van der Waals surface area contributed by atoms with Crippen LogP contribution in [0.2, 0.25) is 0 Å². The van der Waals surface area contributed by atoms with Crippen molar-refractivity contribution in [1.82, 2.24) is 34.1 Å². The summed E-state index contributed by atoms with van der Waals surface area (Å²) >= 11 is 0. The number of anilines is 1. The first-order chi connectivity index (χ1) is 18.5. The van der Waals surface area contributed by atoms with Gasteiger partial charge >= 0.3 is 10.3 Å². The van der Waals surface area contributed by atoms with Crippen molar-refractivity contribution < 1.29 is 32.3 Å². The molecule has 1 amide bonds. The minimum atomic E-state index is -4.67. The molecule has 0 aliphatic carbocycles. The highest BCUT2D eigenvalue weighted by atomic mass is 32.2.